The van der Waals surface area contributed by atoms with Crippen molar-refractivity contribution >= 4 is 54.0 Å². The van der Waals surface area contributed by atoms with Crippen LogP contribution in [0.4, 0.5) is 5.13 Å². The number of halogens is 1. The van der Waals surface area contributed by atoms with Gasteiger partial charge in [0.2, 0.25) is 5.91 Å². The lowest BCUT2D eigenvalue weighted by atomic mass is 10.1. The summed E-state index contributed by atoms with van der Waals surface area (Å²) in [4.78, 5) is 21.3. The van der Waals surface area contributed by atoms with Crippen molar-refractivity contribution in [1.82, 2.24) is 9.88 Å². The van der Waals surface area contributed by atoms with Crippen LogP contribution in [0.3, 0.4) is 0 Å². The number of sulfone groups is 1. The van der Waals surface area contributed by atoms with Gasteiger partial charge < -0.3 is 9.80 Å². The van der Waals surface area contributed by atoms with Crippen molar-refractivity contribution in [2.45, 2.75) is 18.2 Å². The molecule has 6 nitrogen and oxygen atoms in total. The quantitative estimate of drug-likeness (QED) is 0.577. The third-order valence-electron chi connectivity index (χ3n) is 5.26. The fraction of sp³-hybridized carbons (Fsp3) is 0.333. The molecule has 0 unspecified atom stereocenters. The standard InChI is InChI=1S/C21H22ClN3O3S2/c1-2-15-4-3-5-18-20(15)23-21(29-18)25-12-10-24(11-13-25)19(26)14-30(27,28)17-8-6-16(22)7-9-17/h3-9H,2,10-14H2,1H3. The maximum absolute atomic E-state index is 12.6. The van der Waals surface area contributed by atoms with E-state index in [1.165, 1.54) is 29.8 Å². The highest BCUT2D eigenvalue weighted by atomic mass is 35.5. The number of hydrogen-bond donors (Lipinski definition) is 0. The van der Waals surface area contributed by atoms with Gasteiger partial charge in [-0.05, 0) is 42.3 Å². The third-order valence-corrected chi connectivity index (χ3v) is 8.21. The van der Waals surface area contributed by atoms with Crippen LogP contribution in [0.15, 0.2) is 47.4 Å². The number of benzene rings is 2. The molecule has 0 saturated carbocycles. The minimum Gasteiger partial charge on any atom is -0.345 e. The molecule has 1 aliphatic heterocycles. The Morgan fingerprint density at radius 3 is 2.47 bits per heavy atom. The molecule has 2 heterocycles. The number of fused-ring (bicyclic) bond motifs is 1. The Bertz CT molecular complexity index is 1170. The van der Waals surface area contributed by atoms with Crippen LogP contribution in [0.25, 0.3) is 10.2 Å². The number of thiazole rings is 1. The van der Waals surface area contributed by atoms with E-state index >= 15 is 0 Å². The maximum atomic E-state index is 12.6. The van der Waals surface area contributed by atoms with Crippen molar-refractivity contribution in [2.24, 2.45) is 0 Å². The first kappa shape index (κ1) is 21.1. The summed E-state index contributed by atoms with van der Waals surface area (Å²) in [6.45, 7) is 4.34. The monoisotopic (exact) mass is 463 g/mol. The molecule has 0 N–H and O–H groups in total. The fourth-order valence-electron chi connectivity index (χ4n) is 3.54. The van der Waals surface area contributed by atoms with Crippen LogP contribution in [0.2, 0.25) is 5.02 Å². The Labute approximate surface area is 185 Å². The number of carbonyl (C=O) groups is 1. The van der Waals surface area contributed by atoms with Crippen molar-refractivity contribution in [1.29, 1.82) is 0 Å². The van der Waals surface area contributed by atoms with E-state index in [0.717, 1.165) is 21.8 Å². The summed E-state index contributed by atoms with van der Waals surface area (Å²) >= 11 is 7.47. The molecule has 1 fully saturated rings. The van der Waals surface area contributed by atoms with Crippen LogP contribution in [0.1, 0.15) is 12.5 Å². The fourth-order valence-corrected chi connectivity index (χ4v) is 5.96. The molecule has 0 radical (unpaired) electrons. The summed E-state index contributed by atoms with van der Waals surface area (Å²) in [6, 6.07) is 12.1. The summed E-state index contributed by atoms with van der Waals surface area (Å²) in [5.74, 6) is -0.905. The number of hydrogen-bond acceptors (Lipinski definition) is 6. The molecule has 0 spiro atoms. The number of piperazine rings is 1. The number of para-hydroxylation sites is 1. The largest absolute Gasteiger partial charge is 0.345 e. The summed E-state index contributed by atoms with van der Waals surface area (Å²) in [5.41, 5.74) is 2.28. The third kappa shape index (κ3) is 4.31. The first-order valence-electron chi connectivity index (χ1n) is 9.77. The van der Waals surface area contributed by atoms with Gasteiger partial charge in [0.05, 0.1) is 15.1 Å². The lowest BCUT2D eigenvalue weighted by Crippen LogP contribution is -2.50. The van der Waals surface area contributed by atoms with E-state index in [1.54, 1.807) is 16.2 Å². The van der Waals surface area contributed by atoms with E-state index in [4.69, 9.17) is 16.6 Å². The number of amides is 1. The SMILES string of the molecule is CCc1cccc2sc(N3CCN(C(=O)CS(=O)(=O)c4ccc(Cl)cc4)CC3)nc12. The Kier molecular flexibility index (Phi) is 5.99. The number of nitrogens with zero attached hydrogens (tertiary/aromatic N) is 3. The van der Waals surface area contributed by atoms with Gasteiger partial charge in [-0.2, -0.15) is 0 Å². The number of rotatable bonds is 5. The van der Waals surface area contributed by atoms with Gasteiger partial charge in [-0.3, -0.25) is 4.79 Å². The highest BCUT2D eigenvalue weighted by Crippen LogP contribution is 2.31. The van der Waals surface area contributed by atoms with E-state index in [1.807, 2.05) is 0 Å². The summed E-state index contributed by atoms with van der Waals surface area (Å²) in [5, 5.41) is 1.41. The van der Waals surface area contributed by atoms with Crippen molar-refractivity contribution in [3.8, 4) is 0 Å². The molecular formula is C21H22ClN3O3S2. The molecular weight excluding hydrogens is 442 g/mol. The first-order valence-corrected chi connectivity index (χ1v) is 12.6. The molecule has 4 rings (SSSR count). The molecule has 0 atom stereocenters. The Morgan fingerprint density at radius 2 is 1.80 bits per heavy atom. The molecule has 30 heavy (non-hydrogen) atoms. The molecule has 158 valence electrons. The average Bonchev–Trinajstić information content (AvgIpc) is 3.18. The van der Waals surface area contributed by atoms with E-state index in [9.17, 15) is 13.2 Å². The van der Waals surface area contributed by atoms with Crippen LogP contribution in [0.5, 0.6) is 0 Å². The first-order chi connectivity index (χ1) is 14.4. The van der Waals surface area contributed by atoms with Gasteiger partial charge in [0.15, 0.2) is 15.0 Å². The van der Waals surface area contributed by atoms with Gasteiger partial charge in [0.25, 0.3) is 0 Å². The van der Waals surface area contributed by atoms with Crippen LogP contribution in [-0.4, -0.2) is 56.1 Å². The number of aryl methyl sites for hydroxylation is 1. The highest BCUT2D eigenvalue weighted by Gasteiger charge is 2.27. The van der Waals surface area contributed by atoms with Crippen molar-refractivity contribution in [3.05, 3.63) is 53.1 Å². The minimum absolute atomic E-state index is 0.111. The molecule has 3 aromatic rings. The zero-order valence-electron chi connectivity index (χ0n) is 16.5. The Hall–Kier alpha value is -2.16. The summed E-state index contributed by atoms with van der Waals surface area (Å²) < 4.78 is 26.2. The lowest BCUT2D eigenvalue weighted by Gasteiger charge is -2.34. The van der Waals surface area contributed by atoms with Gasteiger partial charge in [0.1, 0.15) is 5.75 Å². The van der Waals surface area contributed by atoms with Gasteiger partial charge in [-0.15, -0.1) is 0 Å². The lowest BCUT2D eigenvalue weighted by molar-refractivity contribution is -0.128. The smallest absolute Gasteiger partial charge is 0.238 e. The number of anilines is 1. The van der Waals surface area contributed by atoms with Crippen LogP contribution in [-0.2, 0) is 21.1 Å². The molecule has 1 aliphatic rings. The van der Waals surface area contributed by atoms with Crippen molar-refractivity contribution in [2.75, 3.05) is 36.8 Å². The Morgan fingerprint density at radius 1 is 1.10 bits per heavy atom. The number of carbonyl (C=O) groups excluding carboxylic acids is 1. The second-order valence-electron chi connectivity index (χ2n) is 7.19. The van der Waals surface area contributed by atoms with Gasteiger partial charge >= 0.3 is 0 Å². The molecule has 1 amide bonds. The van der Waals surface area contributed by atoms with Crippen LogP contribution in [0, 0.1) is 0 Å². The minimum atomic E-state index is -3.69. The number of aromatic nitrogens is 1. The summed E-state index contributed by atoms with van der Waals surface area (Å²) in [6.07, 6.45) is 0.935. The van der Waals surface area contributed by atoms with Crippen LogP contribution >= 0.6 is 22.9 Å². The predicted octanol–water partition coefficient (Wildman–Crippen LogP) is 3.63. The summed E-state index contributed by atoms with van der Waals surface area (Å²) in [7, 11) is -3.69. The van der Waals surface area contributed by atoms with E-state index in [2.05, 4.69) is 30.0 Å². The molecule has 1 saturated heterocycles. The zero-order chi connectivity index (χ0) is 21.3. The van der Waals surface area contributed by atoms with Gasteiger partial charge in [0, 0.05) is 31.2 Å². The molecule has 2 aromatic carbocycles. The predicted molar refractivity (Wildman–Crippen MR) is 121 cm³/mol. The Balaban J connectivity index is 1.40. The van der Waals surface area contributed by atoms with E-state index in [-0.39, 0.29) is 10.8 Å². The van der Waals surface area contributed by atoms with Crippen molar-refractivity contribution in [3.63, 3.8) is 0 Å². The van der Waals surface area contributed by atoms with Gasteiger partial charge in [-0.1, -0.05) is 42.0 Å². The average molecular weight is 464 g/mol. The molecule has 1 aromatic heterocycles. The molecule has 9 heteroatoms. The topological polar surface area (TPSA) is 70.6 Å². The van der Waals surface area contributed by atoms with Crippen LogP contribution < -0.4 is 4.90 Å². The van der Waals surface area contributed by atoms with E-state index in [0.29, 0.717) is 31.2 Å². The zero-order valence-corrected chi connectivity index (χ0v) is 18.9. The second kappa shape index (κ2) is 8.53. The second-order valence-corrected chi connectivity index (χ2v) is 10.6. The highest BCUT2D eigenvalue weighted by molar-refractivity contribution is 7.92. The normalized spacial score (nSPS) is 15.0. The molecule has 0 bridgehead atoms. The van der Waals surface area contributed by atoms with Gasteiger partial charge in [-0.25, -0.2) is 13.4 Å². The molecule has 0 aliphatic carbocycles. The van der Waals surface area contributed by atoms with E-state index < -0.39 is 15.6 Å². The maximum Gasteiger partial charge on any atom is 0.238 e. The van der Waals surface area contributed by atoms with Crippen molar-refractivity contribution < 1.29 is 13.2 Å².